The first-order valence-corrected chi connectivity index (χ1v) is 12.0. The van der Waals surface area contributed by atoms with E-state index in [0.717, 1.165) is 75.9 Å². The van der Waals surface area contributed by atoms with Gasteiger partial charge in [0.15, 0.2) is 5.96 Å². The van der Waals surface area contributed by atoms with Crippen molar-refractivity contribution in [2.45, 2.75) is 63.7 Å². The summed E-state index contributed by atoms with van der Waals surface area (Å²) in [6.45, 7) is 6.21. The lowest BCUT2D eigenvalue weighted by molar-refractivity contribution is 0.0514. The van der Waals surface area contributed by atoms with Crippen molar-refractivity contribution < 1.29 is 9.84 Å². The van der Waals surface area contributed by atoms with Crippen molar-refractivity contribution >= 4 is 41.5 Å². The van der Waals surface area contributed by atoms with E-state index < -0.39 is 0 Å². The molecule has 1 aromatic carbocycles. The maximum atomic E-state index is 9.61. The van der Waals surface area contributed by atoms with Crippen molar-refractivity contribution in [3.05, 3.63) is 34.9 Å². The smallest absolute Gasteiger partial charge is 0.191 e. The number of nitrogens with one attached hydrogen (secondary N) is 2. The third-order valence-electron chi connectivity index (χ3n) is 6.96. The molecule has 1 saturated heterocycles. The molecule has 31 heavy (non-hydrogen) atoms. The Bertz CT molecular complexity index is 684. The van der Waals surface area contributed by atoms with Crippen LogP contribution < -0.4 is 10.6 Å². The maximum Gasteiger partial charge on any atom is 0.191 e. The number of benzene rings is 1. The Balaban J connectivity index is 0.00000341. The van der Waals surface area contributed by atoms with E-state index >= 15 is 0 Å². The van der Waals surface area contributed by atoms with Gasteiger partial charge in [0.05, 0.1) is 0 Å². The van der Waals surface area contributed by atoms with Crippen LogP contribution in [0.4, 0.5) is 0 Å². The normalized spacial score (nSPS) is 20.5. The molecule has 0 bridgehead atoms. The number of nitrogens with zero attached hydrogens (tertiary/aromatic N) is 1. The Morgan fingerprint density at radius 2 is 1.81 bits per heavy atom. The largest absolute Gasteiger partial charge is 0.396 e. The van der Waals surface area contributed by atoms with Crippen molar-refractivity contribution in [2.75, 3.05) is 39.5 Å². The van der Waals surface area contributed by atoms with Crippen molar-refractivity contribution in [3.63, 3.8) is 0 Å². The van der Waals surface area contributed by atoms with E-state index in [9.17, 15) is 5.11 Å². The minimum absolute atomic E-state index is 0. The summed E-state index contributed by atoms with van der Waals surface area (Å²) in [4.78, 5) is 4.98. The zero-order valence-corrected chi connectivity index (χ0v) is 21.9. The summed E-state index contributed by atoms with van der Waals surface area (Å²) in [5.74, 6) is 0.860. The molecule has 0 unspecified atom stereocenters. The second-order valence-electron chi connectivity index (χ2n) is 8.96. The standard InChI is InChI=1S/C24H38ClN3O2.HI/c1-2-26-22(27-18-23(12-15-29)10-6-3-7-11-23)28-19-24(13-16-30-17-14-24)20-8-4-5-9-21(20)25;/h4-5,8-9,29H,2-3,6-7,10-19H2,1H3,(H2,26,27,28);1H. The maximum absolute atomic E-state index is 9.61. The summed E-state index contributed by atoms with van der Waals surface area (Å²) in [6, 6.07) is 8.19. The first-order valence-electron chi connectivity index (χ1n) is 11.6. The number of aliphatic hydroxyl groups excluding tert-OH is 1. The summed E-state index contributed by atoms with van der Waals surface area (Å²) in [5.41, 5.74) is 1.29. The minimum Gasteiger partial charge on any atom is -0.396 e. The molecular formula is C24H39ClIN3O2. The van der Waals surface area contributed by atoms with Gasteiger partial charge in [0.2, 0.25) is 0 Å². The van der Waals surface area contributed by atoms with Gasteiger partial charge >= 0.3 is 0 Å². The third kappa shape index (κ3) is 7.21. The first kappa shape index (κ1) is 26.7. The molecule has 1 saturated carbocycles. The molecule has 7 heteroatoms. The van der Waals surface area contributed by atoms with Crippen LogP contribution >= 0.6 is 35.6 Å². The van der Waals surface area contributed by atoms with Crippen LogP contribution in [0.2, 0.25) is 5.02 Å². The van der Waals surface area contributed by atoms with Gasteiger partial charge in [-0.3, -0.25) is 4.99 Å². The molecule has 3 rings (SSSR count). The molecule has 5 nitrogen and oxygen atoms in total. The molecule has 1 aromatic rings. The number of rotatable bonds is 8. The Morgan fingerprint density at radius 3 is 2.45 bits per heavy atom. The highest BCUT2D eigenvalue weighted by atomic mass is 127. The number of halogens is 2. The van der Waals surface area contributed by atoms with Crippen LogP contribution in [0.15, 0.2) is 29.3 Å². The number of ether oxygens (including phenoxy) is 1. The molecule has 2 aliphatic rings. The summed E-state index contributed by atoms with van der Waals surface area (Å²) in [6.07, 6.45) is 8.85. The van der Waals surface area contributed by atoms with Crippen LogP contribution in [0, 0.1) is 5.41 Å². The zero-order chi connectivity index (χ0) is 21.3. The van der Waals surface area contributed by atoms with E-state index in [1.165, 1.54) is 24.8 Å². The van der Waals surface area contributed by atoms with E-state index in [1.54, 1.807) is 0 Å². The highest BCUT2D eigenvalue weighted by Gasteiger charge is 2.36. The molecule has 2 fully saturated rings. The summed E-state index contributed by atoms with van der Waals surface area (Å²) >= 11 is 6.60. The van der Waals surface area contributed by atoms with E-state index in [0.29, 0.717) is 0 Å². The van der Waals surface area contributed by atoms with Gasteiger partial charge in [0.25, 0.3) is 0 Å². The van der Waals surface area contributed by atoms with Crippen LogP contribution in [0.3, 0.4) is 0 Å². The van der Waals surface area contributed by atoms with Gasteiger partial charge in [0, 0.05) is 49.9 Å². The molecule has 1 aliphatic carbocycles. The number of hydrogen-bond donors (Lipinski definition) is 3. The third-order valence-corrected chi connectivity index (χ3v) is 7.29. The van der Waals surface area contributed by atoms with Gasteiger partial charge < -0.3 is 20.5 Å². The number of guanidine groups is 1. The molecule has 0 spiro atoms. The van der Waals surface area contributed by atoms with Crippen molar-refractivity contribution in [3.8, 4) is 0 Å². The molecular weight excluding hydrogens is 525 g/mol. The Kier molecular flexibility index (Phi) is 11.4. The van der Waals surface area contributed by atoms with Crippen LogP contribution in [0.25, 0.3) is 0 Å². The van der Waals surface area contributed by atoms with E-state index in [1.807, 2.05) is 12.1 Å². The predicted molar refractivity (Wildman–Crippen MR) is 140 cm³/mol. The number of aliphatic imine (C=N–C) groups is 1. The predicted octanol–water partition coefficient (Wildman–Crippen LogP) is 4.89. The Labute approximate surface area is 209 Å². The average Bonchev–Trinajstić information content (AvgIpc) is 2.77. The molecule has 0 aromatic heterocycles. The lowest BCUT2D eigenvalue weighted by atomic mass is 9.72. The topological polar surface area (TPSA) is 65.9 Å². The lowest BCUT2D eigenvalue weighted by Gasteiger charge is -2.39. The van der Waals surface area contributed by atoms with E-state index in [2.05, 4.69) is 29.7 Å². The highest BCUT2D eigenvalue weighted by Crippen LogP contribution is 2.40. The number of hydrogen-bond acceptors (Lipinski definition) is 3. The van der Waals surface area contributed by atoms with Crippen LogP contribution in [0.1, 0.15) is 63.9 Å². The van der Waals surface area contributed by atoms with E-state index in [4.69, 9.17) is 21.3 Å². The molecule has 176 valence electrons. The fourth-order valence-corrected chi connectivity index (χ4v) is 5.40. The second-order valence-corrected chi connectivity index (χ2v) is 9.36. The summed E-state index contributed by atoms with van der Waals surface area (Å²) in [7, 11) is 0. The molecule has 1 heterocycles. The highest BCUT2D eigenvalue weighted by molar-refractivity contribution is 14.0. The quantitative estimate of drug-likeness (QED) is 0.239. The summed E-state index contributed by atoms with van der Waals surface area (Å²) in [5, 5.41) is 17.5. The second kappa shape index (κ2) is 13.2. The minimum atomic E-state index is -0.0551. The monoisotopic (exact) mass is 563 g/mol. The van der Waals surface area contributed by atoms with Gasteiger partial charge in [-0.05, 0) is 56.1 Å². The molecule has 0 atom stereocenters. The van der Waals surface area contributed by atoms with Crippen molar-refractivity contribution in [1.29, 1.82) is 0 Å². The van der Waals surface area contributed by atoms with Crippen LogP contribution in [0.5, 0.6) is 0 Å². The SMILES string of the molecule is CCNC(=NCC1(CCO)CCCCC1)NCC1(c2ccccc2Cl)CCOCC1.I. The van der Waals surface area contributed by atoms with Crippen molar-refractivity contribution in [1.82, 2.24) is 10.6 Å². The Morgan fingerprint density at radius 1 is 1.10 bits per heavy atom. The Hall–Kier alpha value is -0.570. The lowest BCUT2D eigenvalue weighted by Crippen LogP contribution is -2.48. The number of aliphatic hydroxyl groups is 1. The van der Waals surface area contributed by atoms with Gasteiger partial charge in [-0.25, -0.2) is 0 Å². The van der Waals surface area contributed by atoms with Gasteiger partial charge in [-0.2, -0.15) is 0 Å². The summed E-state index contributed by atoms with van der Waals surface area (Å²) < 4.78 is 5.67. The van der Waals surface area contributed by atoms with Crippen LogP contribution in [-0.2, 0) is 10.2 Å². The fourth-order valence-electron chi connectivity index (χ4n) is 5.06. The van der Waals surface area contributed by atoms with Gasteiger partial charge in [-0.15, -0.1) is 24.0 Å². The van der Waals surface area contributed by atoms with Crippen LogP contribution in [-0.4, -0.2) is 50.5 Å². The van der Waals surface area contributed by atoms with Gasteiger partial charge in [-0.1, -0.05) is 49.1 Å². The van der Waals surface area contributed by atoms with Crippen molar-refractivity contribution in [2.24, 2.45) is 10.4 Å². The van der Waals surface area contributed by atoms with Gasteiger partial charge in [0.1, 0.15) is 0 Å². The molecule has 3 N–H and O–H groups in total. The first-order chi connectivity index (χ1) is 14.6. The molecule has 0 radical (unpaired) electrons. The average molecular weight is 564 g/mol. The fraction of sp³-hybridized carbons (Fsp3) is 0.708. The molecule has 1 aliphatic heterocycles. The van der Waals surface area contributed by atoms with E-state index in [-0.39, 0.29) is 41.4 Å². The zero-order valence-electron chi connectivity index (χ0n) is 18.8. The molecule has 0 amide bonds.